The van der Waals surface area contributed by atoms with Crippen LogP contribution in [0.4, 0.5) is 5.69 Å². The van der Waals surface area contributed by atoms with Crippen LogP contribution in [0.15, 0.2) is 60.7 Å². The molecule has 1 saturated heterocycles. The molecule has 1 fully saturated rings. The number of hydrogen-bond donors (Lipinski definition) is 1. The van der Waals surface area contributed by atoms with Crippen LogP contribution in [0.1, 0.15) is 0 Å². The summed E-state index contributed by atoms with van der Waals surface area (Å²) in [6.45, 7) is 4.93. The van der Waals surface area contributed by atoms with Crippen LogP contribution in [0.2, 0.25) is 0 Å². The van der Waals surface area contributed by atoms with Crippen LogP contribution in [0.3, 0.4) is 0 Å². The van der Waals surface area contributed by atoms with Gasteiger partial charge in [0.1, 0.15) is 18.5 Å². The zero-order valence-electron chi connectivity index (χ0n) is 13.3. The molecule has 0 amide bonds. The molecule has 0 radical (unpaired) electrons. The Kier molecular flexibility index (Phi) is 5.51. The lowest BCUT2D eigenvalue weighted by atomic mass is 10.2. The molecule has 1 atom stereocenters. The number of benzene rings is 2. The summed E-state index contributed by atoms with van der Waals surface area (Å²) in [7, 11) is 0. The van der Waals surface area contributed by atoms with E-state index in [-0.39, 0.29) is 0 Å². The van der Waals surface area contributed by atoms with Gasteiger partial charge in [0, 0.05) is 38.4 Å². The topological polar surface area (TPSA) is 35.9 Å². The van der Waals surface area contributed by atoms with Gasteiger partial charge in [-0.3, -0.25) is 4.90 Å². The van der Waals surface area contributed by atoms with Crippen molar-refractivity contribution >= 4 is 5.69 Å². The van der Waals surface area contributed by atoms with Crippen LogP contribution in [-0.4, -0.2) is 55.4 Å². The van der Waals surface area contributed by atoms with Gasteiger partial charge in [-0.15, -0.1) is 0 Å². The minimum Gasteiger partial charge on any atom is -0.491 e. The first-order valence-corrected chi connectivity index (χ1v) is 8.19. The highest BCUT2D eigenvalue weighted by atomic mass is 16.5. The molecule has 2 aromatic rings. The second-order valence-corrected chi connectivity index (χ2v) is 5.90. The van der Waals surface area contributed by atoms with Gasteiger partial charge in [-0.2, -0.15) is 0 Å². The van der Waals surface area contributed by atoms with Crippen molar-refractivity contribution in [2.45, 2.75) is 6.10 Å². The van der Waals surface area contributed by atoms with E-state index in [0.717, 1.165) is 31.9 Å². The Balaban J connectivity index is 1.40. The van der Waals surface area contributed by atoms with Gasteiger partial charge in [-0.1, -0.05) is 36.4 Å². The van der Waals surface area contributed by atoms with Crippen molar-refractivity contribution < 1.29 is 9.84 Å². The standard InChI is InChI=1S/C19H24N2O2/c22-18(16-23-19-9-5-2-6-10-19)15-20-11-13-21(14-12-20)17-7-3-1-4-8-17/h1-10,18,22H,11-16H2/t18-/m1/s1. The second kappa shape index (κ2) is 7.99. The Morgan fingerprint density at radius 3 is 2.13 bits per heavy atom. The molecule has 0 saturated carbocycles. The third-order valence-electron chi connectivity index (χ3n) is 4.15. The fourth-order valence-corrected chi connectivity index (χ4v) is 2.89. The van der Waals surface area contributed by atoms with Gasteiger partial charge in [0.2, 0.25) is 0 Å². The Morgan fingerprint density at radius 1 is 0.870 bits per heavy atom. The van der Waals surface area contributed by atoms with E-state index < -0.39 is 6.10 Å². The van der Waals surface area contributed by atoms with Gasteiger partial charge < -0.3 is 14.7 Å². The fraction of sp³-hybridized carbons (Fsp3) is 0.368. The predicted molar refractivity (Wildman–Crippen MR) is 93.0 cm³/mol. The van der Waals surface area contributed by atoms with Crippen LogP contribution in [0.25, 0.3) is 0 Å². The van der Waals surface area contributed by atoms with Crippen LogP contribution in [-0.2, 0) is 0 Å². The molecule has 3 rings (SSSR count). The number of anilines is 1. The smallest absolute Gasteiger partial charge is 0.119 e. The number of piperazine rings is 1. The first kappa shape index (κ1) is 15.8. The molecule has 122 valence electrons. The van der Waals surface area contributed by atoms with E-state index in [4.69, 9.17) is 4.74 Å². The molecule has 4 nitrogen and oxygen atoms in total. The summed E-state index contributed by atoms with van der Waals surface area (Å²) in [6.07, 6.45) is -0.460. The van der Waals surface area contributed by atoms with E-state index in [1.807, 2.05) is 36.4 Å². The summed E-state index contributed by atoms with van der Waals surface area (Å²) >= 11 is 0. The Bertz CT molecular complexity index is 568. The summed E-state index contributed by atoms with van der Waals surface area (Å²) in [5, 5.41) is 10.2. The number of aliphatic hydroxyl groups excluding tert-OH is 1. The van der Waals surface area contributed by atoms with Crippen LogP contribution < -0.4 is 9.64 Å². The van der Waals surface area contributed by atoms with E-state index in [0.29, 0.717) is 13.2 Å². The first-order valence-electron chi connectivity index (χ1n) is 8.19. The first-order chi connectivity index (χ1) is 11.3. The normalized spacial score (nSPS) is 17.0. The van der Waals surface area contributed by atoms with Crippen molar-refractivity contribution in [2.24, 2.45) is 0 Å². The predicted octanol–water partition coefficient (Wildman–Crippen LogP) is 2.25. The lowest BCUT2D eigenvalue weighted by Gasteiger charge is -2.36. The maximum atomic E-state index is 10.2. The molecule has 0 aromatic heterocycles. The van der Waals surface area contributed by atoms with Crippen LogP contribution >= 0.6 is 0 Å². The Hall–Kier alpha value is -2.04. The Morgan fingerprint density at radius 2 is 1.48 bits per heavy atom. The highest BCUT2D eigenvalue weighted by Crippen LogP contribution is 2.15. The van der Waals surface area contributed by atoms with Gasteiger partial charge in [0.25, 0.3) is 0 Å². The number of aliphatic hydroxyl groups is 1. The minimum absolute atomic E-state index is 0.336. The van der Waals surface area contributed by atoms with Crippen LogP contribution in [0, 0.1) is 0 Å². The zero-order valence-corrected chi connectivity index (χ0v) is 13.3. The van der Waals surface area contributed by atoms with E-state index in [1.54, 1.807) is 0 Å². The second-order valence-electron chi connectivity index (χ2n) is 5.90. The quantitative estimate of drug-likeness (QED) is 0.887. The van der Waals surface area contributed by atoms with Crippen molar-refractivity contribution in [2.75, 3.05) is 44.2 Å². The van der Waals surface area contributed by atoms with E-state index in [1.165, 1.54) is 5.69 Å². The number of ether oxygens (including phenoxy) is 1. The SMILES string of the molecule is O[C@@H](COc1ccccc1)CN1CCN(c2ccccc2)CC1. The van der Waals surface area contributed by atoms with E-state index >= 15 is 0 Å². The molecule has 1 heterocycles. The van der Waals surface area contributed by atoms with Gasteiger partial charge in [0.15, 0.2) is 0 Å². The minimum atomic E-state index is -0.460. The summed E-state index contributed by atoms with van der Waals surface area (Å²) < 4.78 is 5.61. The molecule has 1 aliphatic heterocycles. The number of hydrogen-bond acceptors (Lipinski definition) is 4. The van der Waals surface area contributed by atoms with Crippen molar-refractivity contribution in [1.82, 2.24) is 4.90 Å². The number of β-amino-alcohol motifs (C(OH)–C–C–N with tert-alkyl or cyclic N) is 1. The molecule has 23 heavy (non-hydrogen) atoms. The van der Waals surface area contributed by atoms with Crippen LogP contribution in [0.5, 0.6) is 5.75 Å². The highest BCUT2D eigenvalue weighted by molar-refractivity contribution is 5.46. The largest absolute Gasteiger partial charge is 0.491 e. The summed E-state index contributed by atoms with van der Waals surface area (Å²) in [5.41, 5.74) is 1.28. The monoisotopic (exact) mass is 312 g/mol. The summed E-state index contributed by atoms with van der Waals surface area (Å²) in [4.78, 5) is 4.70. The molecular weight excluding hydrogens is 288 g/mol. The van der Waals surface area contributed by atoms with Gasteiger partial charge >= 0.3 is 0 Å². The molecule has 1 aliphatic rings. The molecule has 0 bridgehead atoms. The van der Waals surface area contributed by atoms with Gasteiger partial charge in [-0.25, -0.2) is 0 Å². The van der Waals surface area contributed by atoms with Crippen molar-refractivity contribution in [1.29, 1.82) is 0 Å². The Labute approximate surface area is 137 Å². The molecule has 0 spiro atoms. The van der Waals surface area contributed by atoms with Crippen molar-refractivity contribution in [3.8, 4) is 5.75 Å². The number of nitrogens with zero attached hydrogens (tertiary/aromatic N) is 2. The lowest BCUT2D eigenvalue weighted by molar-refractivity contribution is 0.0663. The number of rotatable bonds is 6. The average Bonchev–Trinajstić information content (AvgIpc) is 2.62. The van der Waals surface area contributed by atoms with Crippen molar-refractivity contribution in [3.05, 3.63) is 60.7 Å². The third-order valence-corrected chi connectivity index (χ3v) is 4.15. The molecule has 1 N–H and O–H groups in total. The van der Waals surface area contributed by atoms with Crippen molar-refractivity contribution in [3.63, 3.8) is 0 Å². The highest BCUT2D eigenvalue weighted by Gasteiger charge is 2.19. The molecule has 4 heteroatoms. The van der Waals surface area contributed by atoms with Gasteiger partial charge in [0.05, 0.1) is 0 Å². The maximum absolute atomic E-state index is 10.2. The maximum Gasteiger partial charge on any atom is 0.119 e. The van der Waals surface area contributed by atoms with E-state index in [9.17, 15) is 5.11 Å². The zero-order chi connectivity index (χ0) is 15.9. The van der Waals surface area contributed by atoms with Gasteiger partial charge in [-0.05, 0) is 24.3 Å². The third kappa shape index (κ3) is 4.71. The molecule has 0 aliphatic carbocycles. The van der Waals surface area contributed by atoms with E-state index in [2.05, 4.69) is 34.1 Å². The molecule has 0 unspecified atom stereocenters. The summed E-state index contributed by atoms with van der Waals surface area (Å²) in [5.74, 6) is 0.806. The fourth-order valence-electron chi connectivity index (χ4n) is 2.89. The average molecular weight is 312 g/mol. The number of para-hydroxylation sites is 2. The molecule has 2 aromatic carbocycles. The summed E-state index contributed by atoms with van der Waals surface area (Å²) in [6, 6.07) is 20.1. The lowest BCUT2D eigenvalue weighted by Crippen LogP contribution is -2.49. The molecular formula is C19H24N2O2.